The summed E-state index contributed by atoms with van der Waals surface area (Å²) in [6, 6.07) is 8.56. The number of carbonyl (C=O) groups is 1. The van der Waals surface area contributed by atoms with E-state index in [1.54, 1.807) is 0 Å². The first-order valence-electron chi connectivity index (χ1n) is 8.01. The number of benzene rings is 1. The van der Waals surface area contributed by atoms with Gasteiger partial charge in [0, 0.05) is 36.7 Å². The Morgan fingerprint density at radius 2 is 2.23 bits per heavy atom. The molecule has 0 radical (unpaired) electrons. The van der Waals surface area contributed by atoms with Crippen LogP contribution in [0.2, 0.25) is 5.02 Å². The lowest BCUT2D eigenvalue weighted by Gasteiger charge is -2.23. The lowest BCUT2D eigenvalue weighted by molar-refractivity contribution is -0.125. The third kappa shape index (κ3) is 4.70. The molecule has 1 saturated heterocycles. The lowest BCUT2D eigenvalue weighted by Crippen LogP contribution is -2.42. The van der Waals surface area contributed by atoms with Crippen molar-refractivity contribution >= 4 is 17.5 Å². The number of amides is 1. The minimum absolute atomic E-state index is 0.0739. The Morgan fingerprint density at radius 1 is 1.45 bits per heavy atom. The summed E-state index contributed by atoms with van der Waals surface area (Å²) in [5, 5.41) is 7.24. The van der Waals surface area contributed by atoms with Gasteiger partial charge in [-0.25, -0.2) is 0 Å². The molecule has 22 heavy (non-hydrogen) atoms. The topological polar surface area (TPSA) is 44.4 Å². The average Bonchev–Trinajstić information content (AvgIpc) is 2.81. The molecule has 122 valence electrons. The third-order valence-corrected chi connectivity index (χ3v) is 4.14. The first kappa shape index (κ1) is 17.3. The molecular formula is C17H26ClN3O. The number of hydrogen-bond donors (Lipinski definition) is 2. The minimum Gasteiger partial charge on any atom is -0.355 e. The molecule has 1 aliphatic rings. The highest BCUT2D eigenvalue weighted by Crippen LogP contribution is 2.22. The first-order chi connectivity index (χ1) is 10.5. The smallest absolute Gasteiger partial charge is 0.237 e. The second-order valence-corrected chi connectivity index (χ2v) is 6.66. The Kier molecular flexibility index (Phi) is 6.24. The van der Waals surface area contributed by atoms with Gasteiger partial charge in [0.2, 0.25) is 5.91 Å². The normalized spacial score (nSPS) is 22.2. The predicted octanol–water partition coefficient (Wildman–Crippen LogP) is 2.42. The average molecular weight is 324 g/mol. The SMILES string of the molecule is CCNC(=O)[C@@H]1C[C@H](NC(C)C)CN1Cc1cccc(Cl)c1. The van der Waals surface area contributed by atoms with Crippen molar-refractivity contribution in [2.24, 2.45) is 0 Å². The molecule has 1 aliphatic heterocycles. The molecule has 0 aromatic heterocycles. The van der Waals surface area contributed by atoms with Gasteiger partial charge < -0.3 is 10.6 Å². The monoisotopic (exact) mass is 323 g/mol. The van der Waals surface area contributed by atoms with E-state index in [1.807, 2.05) is 25.1 Å². The van der Waals surface area contributed by atoms with E-state index in [2.05, 4.69) is 35.4 Å². The number of nitrogens with one attached hydrogen (secondary N) is 2. The minimum atomic E-state index is -0.0739. The summed E-state index contributed by atoms with van der Waals surface area (Å²) in [5.74, 6) is 0.123. The molecule has 2 N–H and O–H groups in total. The molecule has 1 aromatic carbocycles. The molecule has 0 unspecified atom stereocenters. The van der Waals surface area contributed by atoms with E-state index < -0.39 is 0 Å². The van der Waals surface area contributed by atoms with Crippen LogP contribution in [0.25, 0.3) is 0 Å². The van der Waals surface area contributed by atoms with Crippen molar-refractivity contribution in [2.75, 3.05) is 13.1 Å². The molecule has 2 rings (SSSR count). The summed E-state index contributed by atoms with van der Waals surface area (Å²) >= 11 is 6.07. The number of halogens is 1. The Bertz CT molecular complexity index is 506. The summed E-state index contributed by atoms with van der Waals surface area (Å²) in [7, 11) is 0. The Labute approximate surface area is 138 Å². The van der Waals surface area contributed by atoms with E-state index in [1.165, 1.54) is 0 Å². The zero-order valence-corrected chi connectivity index (χ0v) is 14.4. The summed E-state index contributed by atoms with van der Waals surface area (Å²) in [4.78, 5) is 14.6. The van der Waals surface area contributed by atoms with Crippen LogP contribution < -0.4 is 10.6 Å². The van der Waals surface area contributed by atoms with Gasteiger partial charge in [0.25, 0.3) is 0 Å². The summed E-state index contributed by atoms with van der Waals surface area (Å²) in [6.45, 7) is 8.53. The van der Waals surface area contributed by atoms with Crippen LogP contribution in [0.1, 0.15) is 32.8 Å². The van der Waals surface area contributed by atoms with Crippen LogP contribution in [-0.2, 0) is 11.3 Å². The lowest BCUT2D eigenvalue weighted by atomic mass is 10.1. The molecule has 1 amide bonds. The molecule has 0 bridgehead atoms. The maximum Gasteiger partial charge on any atom is 0.237 e. The number of likely N-dealkylation sites (N-methyl/N-ethyl adjacent to an activating group) is 1. The van der Waals surface area contributed by atoms with E-state index in [4.69, 9.17) is 11.6 Å². The van der Waals surface area contributed by atoms with Gasteiger partial charge in [-0.15, -0.1) is 0 Å². The van der Waals surface area contributed by atoms with Gasteiger partial charge >= 0.3 is 0 Å². The number of nitrogens with zero attached hydrogens (tertiary/aromatic N) is 1. The fraction of sp³-hybridized carbons (Fsp3) is 0.588. The quantitative estimate of drug-likeness (QED) is 0.845. The van der Waals surface area contributed by atoms with Gasteiger partial charge in [0.1, 0.15) is 0 Å². The third-order valence-electron chi connectivity index (χ3n) is 3.90. The standard InChI is InChI=1S/C17H26ClN3O/c1-4-19-17(22)16-9-15(20-12(2)3)11-21(16)10-13-6-5-7-14(18)8-13/h5-8,12,15-16,20H,4,9-11H2,1-3H3,(H,19,22)/t15-,16-/m0/s1. The molecule has 5 heteroatoms. The van der Waals surface area contributed by atoms with Crippen molar-refractivity contribution in [2.45, 2.75) is 51.9 Å². The molecule has 0 spiro atoms. The highest BCUT2D eigenvalue weighted by atomic mass is 35.5. The molecule has 1 heterocycles. The van der Waals surface area contributed by atoms with Gasteiger partial charge in [0.05, 0.1) is 6.04 Å². The molecule has 0 aliphatic carbocycles. The van der Waals surface area contributed by atoms with Gasteiger partial charge in [-0.1, -0.05) is 37.6 Å². The fourth-order valence-corrected chi connectivity index (χ4v) is 3.32. The van der Waals surface area contributed by atoms with Gasteiger partial charge in [-0.2, -0.15) is 0 Å². The van der Waals surface area contributed by atoms with Crippen molar-refractivity contribution in [1.29, 1.82) is 0 Å². The highest BCUT2D eigenvalue weighted by molar-refractivity contribution is 6.30. The number of hydrogen-bond acceptors (Lipinski definition) is 3. The summed E-state index contributed by atoms with van der Waals surface area (Å²) in [5.41, 5.74) is 1.15. The maximum atomic E-state index is 12.3. The Hall–Kier alpha value is -1.10. The number of carbonyl (C=O) groups excluding carboxylic acids is 1. The second-order valence-electron chi connectivity index (χ2n) is 6.22. The van der Waals surface area contributed by atoms with E-state index in [9.17, 15) is 4.79 Å². The summed E-state index contributed by atoms with van der Waals surface area (Å²) < 4.78 is 0. The van der Waals surface area contributed by atoms with Gasteiger partial charge in [0.15, 0.2) is 0 Å². The second kappa shape index (κ2) is 7.95. The van der Waals surface area contributed by atoms with Crippen molar-refractivity contribution in [3.05, 3.63) is 34.9 Å². The van der Waals surface area contributed by atoms with E-state index in [0.717, 1.165) is 30.1 Å². The highest BCUT2D eigenvalue weighted by Gasteiger charge is 2.36. The number of likely N-dealkylation sites (tertiary alicyclic amines) is 1. The molecule has 4 nitrogen and oxygen atoms in total. The first-order valence-corrected chi connectivity index (χ1v) is 8.39. The van der Waals surface area contributed by atoms with E-state index in [0.29, 0.717) is 18.6 Å². The zero-order chi connectivity index (χ0) is 16.1. The Morgan fingerprint density at radius 3 is 2.86 bits per heavy atom. The fourth-order valence-electron chi connectivity index (χ4n) is 3.11. The van der Waals surface area contributed by atoms with Crippen LogP contribution in [0.5, 0.6) is 0 Å². The molecule has 0 saturated carbocycles. The Balaban J connectivity index is 2.08. The van der Waals surface area contributed by atoms with Gasteiger partial charge in [-0.05, 0) is 31.0 Å². The van der Waals surface area contributed by atoms with Crippen LogP contribution in [0.4, 0.5) is 0 Å². The van der Waals surface area contributed by atoms with Crippen molar-refractivity contribution in [3.63, 3.8) is 0 Å². The van der Waals surface area contributed by atoms with Crippen LogP contribution in [0.15, 0.2) is 24.3 Å². The van der Waals surface area contributed by atoms with Crippen LogP contribution in [0, 0.1) is 0 Å². The van der Waals surface area contributed by atoms with Crippen molar-refractivity contribution < 1.29 is 4.79 Å². The van der Waals surface area contributed by atoms with Gasteiger partial charge in [-0.3, -0.25) is 9.69 Å². The van der Waals surface area contributed by atoms with E-state index >= 15 is 0 Å². The van der Waals surface area contributed by atoms with Crippen molar-refractivity contribution in [3.8, 4) is 0 Å². The van der Waals surface area contributed by atoms with Crippen LogP contribution in [0.3, 0.4) is 0 Å². The molecule has 2 atom stereocenters. The largest absolute Gasteiger partial charge is 0.355 e. The number of rotatable bonds is 6. The summed E-state index contributed by atoms with van der Waals surface area (Å²) in [6.07, 6.45) is 0.852. The molecule has 1 fully saturated rings. The van der Waals surface area contributed by atoms with E-state index in [-0.39, 0.29) is 11.9 Å². The predicted molar refractivity (Wildman–Crippen MR) is 91.0 cm³/mol. The molecular weight excluding hydrogens is 298 g/mol. The maximum absolute atomic E-state index is 12.3. The molecule has 1 aromatic rings. The van der Waals surface area contributed by atoms with Crippen LogP contribution in [-0.4, -0.2) is 42.0 Å². The van der Waals surface area contributed by atoms with Crippen LogP contribution >= 0.6 is 11.6 Å². The van der Waals surface area contributed by atoms with Crippen molar-refractivity contribution in [1.82, 2.24) is 15.5 Å². The zero-order valence-electron chi connectivity index (χ0n) is 13.6.